The fraction of sp³-hybridized carbons (Fsp3) is 0.545. The van der Waals surface area contributed by atoms with Gasteiger partial charge < -0.3 is 4.90 Å². The SMILES string of the molecule is CN(Cc1cnn(C)c1)c1n[nH]c(=S)n1C1CC1. The van der Waals surface area contributed by atoms with Crippen LogP contribution in [0, 0.1) is 4.77 Å². The lowest BCUT2D eigenvalue weighted by atomic mass is 10.3. The molecule has 1 saturated carbocycles. The first-order valence-electron chi connectivity index (χ1n) is 6.00. The van der Waals surface area contributed by atoms with Gasteiger partial charge in [0.15, 0.2) is 4.77 Å². The van der Waals surface area contributed by atoms with Crippen LogP contribution in [0.3, 0.4) is 0 Å². The molecule has 0 aromatic carbocycles. The Labute approximate surface area is 110 Å². The Morgan fingerprint density at radius 3 is 2.94 bits per heavy atom. The number of aryl methyl sites for hydroxylation is 1. The molecular weight excluding hydrogens is 248 g/mol. The van der Waals surface area contributed by atoms with E-state index >= 15 is 0 Å². The summed E-state index contributed by atoms with van der Waals surface area (Å²) in [4.78, 5) is 2.10. The van der Waals surface area contributed by atoms with Crippen molar-refractivity contribution in [3.05, 3.63) is 22.7 Å². The van der Waals surface area contributed by atoms with E-state index in [0.29, 0.717) is 10.8 Å². The largest absolute Gasteiger partial charge is 0.340 e. The minimum Gasteiger partial charge on any atom is -0.340 e. The van der Waals surface area contributed by atoms with Crippen LogP contribution in [0.25, 0.3) is 0 Å². The summed E-state index contributed by atoms with van der Waals surface area (Å²) in [6.07, 6.45) is 6.28. The zero-order valence-electron chi connectivity index (χ0n) is 10.5. The van der Waals surface area contributed by atoms with E-state index < -0.39 is 0 Å². The van der Waals surface area contributed by atoms with Crippen molar-refractivity contribution in [3.63, 3.8) is 0 Å². The van der Waals surface area contributed by atoms with Crippen LogP contribution in [-0.2, 0) is 13.6 Å². The second-order valence-corrected chi connectivity index (χ2v) is 5.19. The molecular formula is C11H16N6S. The smallest absolute Gasteiger partial charge is 0.226 e. The van der Waals surface area contributed by atoms with Gasteiger partial charge in [0.05, 0.1) is 6.20 Å². The zero-order chi connectivity index (χ0) is 12.7. The lowest BCUT2D eigenvalue weighted by Gasteiger charge is -2.17. The molecule has 0 radical (unpaired) electrons. The zero-order valence-corrected chi connectivity index (χ0v) is 11.3. The number of aromatic amines is 1. The average molecular weight is 264 g/mol. The molecule has 2 heterocycles. The van der Waals surface area contributed by atoms with Gasteiger partial charge in [-0.3, -0.25) is 9.25 Å². The molecule has 1 aliphatic carbocycles. The van der Waals surface area contributed by atoms with Gasteiger partial charge in [0.25, 0.3) is 0 Å². The highest BCUT2D eigenvalue weighted by Crippen LogP contribution is 2.37. The van der Waals surface area contributed by atoms with Crippen molar-refractivity contribution in [1.29, 1.82) is 0 Å². The average Bonchev–Trinajstić information content (AvgIpc) is 2.97. The molecule has 0 bridgehead atoms. The molecule has 96 valence electrons. The Morgan fingerprint density at radius 2 is 2.33 bits per heavy atom. The third-order valence-corrected chi connectivity index (χ3v) is 3.41. The summed E-state index contributed by atoms with van der Waals surface area (Å²) in [5, 5.41) is 11.4. The highest BCUT2D eigenvalue weighted by Gasteiger charge is 2.28. The van der Waals surface area contributed by atoms with Crippen LogP contribution in [0.4, 0.5) is 5.95 Å². The number of nitrogens with zero attached hydrogens (tertiary/aromatic N) is 5. The summed E-state index contributed by atoms with van der Waals surface area (Å²) in [6, 6.07) is 0.530. The summed E-state index contributed by atoms with van der Waals surface area (Å²) < 4.78 is 4.64. The normalized spacial score (nSPS) is 15.0. The van der Waals surface area contributed by atoms with Gasteiger partial charge in [-0.25, -0.2) is 5.10 Å². The molecule has 0 unspecified atom stereocenters. The van der Waals surface area contributed by atoms with E-state index in [9.17, 15) is 0 Å². The maximum atomic E-state index is 5.28. The molecule has 3 rings (SSSR count). The highest BCUT2D eigenvalue weighted by molar-refractivity contribution is 7.71. The highest BCUT2D eigenvalue weighted by atomic mass is 32.1. The number of H-pyrrole nitrogens is 1. The Balaban J connectivity index is 1.83. The van der Waals surface area contributed by atoms with Gasteiger partial charge in [-0.15, -0.1) is 5.10 Å². The van der Waals surface area contributed by atoms with Gasteiger partial charge >= 0.3 is 0 Å². The monoisotopic (exact) mass is 264 g/mol. The fourth-order valence-corrected chi connectivity index (χ4v) is 2.40. The van der Waals surface area contributed by atoms with Crippen molar-refractivity contribution in [2.45, 2.75) is 25.4 Å². The predicted octanol–water partition coefficient (Wildman–Crippen LogP) is 1.65. The van der Waals surface area contributed by atoms with E-state index in [1.165, 1.54) is 12.8 Å². The summed E-state index contributed by atoms with van der Waals surface area (Å²) in [5.74, 6) is 0.909. The van der Waals surface area contributed by atoms with E-state index in [-0.39, 0.29) is 0 Å². The Hall–Kier alpha value is -1.63. The van der Waals surface area contributed by atoms with Crippen LogP contribution in [0.15, 0.2) is 12.4 Å². The summed E-state index contributed by atoms with van der Waals surface area (Å²) in [5.41, 5.74) is 1.16. The van der Waals surface area contributed by atoms with Crippen molar-refractivity contribution in [2.24, 2.45) is 7.05 Å². The fourth-order valence-electron chi connectivity index (χ4n) is 2.13. The van der Waals surface area contributed by atoms with Gasteiger partial charge in [0, 0.05) is 38.4 Å². The number of anilines is 1. The van der Waals surface area contributed by atoms with Crippen LogP contribution in [-0.4, -0.2) is 31.6 Å². The molecule has 0 amide bonds. The van der Waals surface area contributed by atoms with Crippen molar-refractivity contribution in [1.82, 2.24) is 24.5 Å². The molecule has 18 heavy (non-hydrogen) atoms. The molecule has 0 atom stereocenters. The maximum Gasteiger partial charge on any atom is 0.226 e. The Bertz CT molecular complexity index is 605. The van der Waals surface area contributed by atoms with Gasteiger partial charge in [-0.1, -0.05) is 0 Å². The van der Waals surface area contributed by atoms with Gasteiger partial charge in [-0.05, 0) is 25.1 Å². The third-order valence-electron chi connectivity index (χ3n) is 3.12. The van der Waals surface area contributed by atoms with Crippen LogP contribution in [0.1, 0.15) is 24.4 Å². The van der Waals surface area contributed by atoms with Crippen LogP contribution < -0.4 is 4.90 Å². The van der Waals surface area contributed by atoms with E-state index in [2.05, 4.69) is 24.8 Å². The second kappa shape index (κ2) is 4.24. The lowest BCUT2D eigenvalue weighted by Crippen LogP contribution is -2.20. The molecule has 0 spiro atoms. The van der Waals surface area contributed by atoms with Gasteiger partial charge in [0.1, 0.15) is 0 Å². The number of nitrogens with one attached hydrogen (secondary N) is 1. The topological polar surface area (TPSA) is 54.7 Å². The Morgan fingerprint density at radius 1 is 1.56 bits per heavy atom. The first-order valence-corrected chi connectivity index (χ1v) is 6.41. The standard InChI is InChI=1S/C11H16N6S/c1-15(6-8-5-12-16(2)7-8)10-13-14-11(18)17(10)9-3-4-9/h5,7,9H,3-4,6H2,1-2H3,(H,14,18). The molecule has 1 fully saturated rings. The first kappa shape index (κ1) is 11.5. The molecule has 7 heteroatoms. The lowest BCUT2D eigenvalue weighted by molar-refractivity contribution is 0.700. The number of rotatable bonds is 4. The summed E-state index contributed by atoms with van der Waals surface area (Å²) >= 11 is 5.28. The van der Waals surface area contributed by atoms with Crippen LogP contribution in [0.2, 0.25) is 0 Å². The third kappa shape index (κ3) is 2.05. The predicted molar refractivity (Wildman–Crippen MR) is 71.0 cm³/mol. The molecule has 0 saturated heterocycles. The molecule has 1 aliphatic rings. The minimum absolute atomic E-state index is 0.530. The minimum atomic E-state index is 0.530. The van der Waals surface area contributed by atoms with Crippen LogP contribution >= 0.6 is 12.2 Å². The van der Waals surface area contributed by atoms with Gasteiger partial charge in [-0.2, -0.15) is 5.10 Å². The summed E-state index contributed by atoms with van der Waals surface area (Å²) in [6.45, 7) is 0.778. The second-order valence-electron chi connectivity index (χ2n) is 4.81. The van der Waals surface area contributed by atoms with E-state index in [1.54, 1.807) is 4.68 Å². The van der Waals surface area contributed by atoms with Crippen molar-refractivity contribution in [3.8, 4) is 0 Å². The van der Waals surface area contributed by atoms with Crippen molar-refractivity contribution >= 4 is 18.2 Å². The van der Waals surface area contributed by atoms with E-state index in [0.717, 1.165) is 18.1 Å². The molecule has 2 aromatic rings. The molecule has 0 aliphatic heterocycles. The van der Waals surface area contributed by atoms with Crippen molar-refractivity contribution in [2.75, 3.05) is 11.9 Å². The molecule has 6 nitrogen and oxygen atoms in total. The summed E-state index contributed by atoms with van der Waals surface area (Å²) in [7, 11) is 3.95. The number of hydrogen-bond donors (Lipinski definition) is 1. The molecule has 1 N–H and O–H groups in total. The van der Waals surface area contributed by atoms with E-state index in [1.807, 2.05) is 26.5 Å². The Kier molecular flexibility index (Phi) is 2.70. The quantitative estimate of drug-likeness (QED) is 0.853. The van der Waals surface area contributed by atoms with Crippen LogP contribution in [0.5, 0.6) is 0 Å². The van der Waals surface area contributed by atoms with Gasteiger partial charge in [0.2, 0.25) is 5.95 Å². The van der Waals surface area contributed by atoms with Crippen molar-refractivity contribution < 1.29 is 0 Å². The van der Waals surface area contributed by atoms with E-state index in [4.69, 9.17) is 12.2 Å². The number of aromatic nitrogens is 5. The first-order chi connectivity index (χ1) is 8.65. The maximum absolute atomic E-state index is 5.28. The molecule has 2 aromatic heterocycles. The number of hydrogen-bond acceptors (Lipinski definition) is 4.